The third kappa shape index (κ3) is 1.68. The number of aryl methyl sites for hydroxylation is 1. The van der Waals surface area contributed by atoms with Crippen LogP contribution < -0.4 is 0 Å². The van der Waals surface area contributed by atoms with Crippen LogP contribution in [0, 0.1) is 24.7 Å². The van der Waals surface area contributed by atoms with Gasteiger partial charge in [0.1, 0.15) is 0 Å². The van der Waals surface area contributed by atoms with Gasteiger partial charge in [-0.05, 0) is 60.0 Å². The molecule has 2 aliphatic rings. The van der Waals surface area contributed by atoms with Gasteiger partial charge in [0.05, 0.1) is 3.79 Å². The number of thiophene rings is 1. The summed E-state index contributed by atoms with van der Waals surface area (Å²) in [5.41, 5.74) is 0.967. The number of hydrogen-bond acceptors (Lipinski definition) is 2. The van der Waals surface area contributed by atoms with Crippen molar-refractivity contribution >= 4 is 33.0 Å². The van der Waals surface area contributed by atoms with Crippen molar-refractivity contribution in [2.24, 2.45) is 17.8 Å². The van der Waals surface area contributed by atoms with Crippen LogP contribution in [-0.2, 0) is 0 Å². The van der Waals surface area contributed by atoms with E-state index in [1.54, 1.807) is 11.3 Å². The second-order valence-electron chi connectivity index (χ2n) is 5.17. The monoisotopic (exact) mass is 298 g/mol. The van der Waals surface area contributed by atoms with E-state index < -0.39 is 0 Å². The fourth-order valence-corrected chi connectivity index (χ4v) is 5.15. The van der Waals surface area contributed by atoms with E-state index in [2.05, 4.69) is 22.9 Å². The molecule has 1 heterocycles. The summed E-state index contributed by atoms with van der Waals surface area (Å²) in [6.07, 6.45) is 5.10. The highest BCUT2D eigenvalue weighted by atomic mass is 79.9. The molecule has 0 aliphatic heterocycles. The molecular formula is C13H15BrOS. The zero-order chi connectivity index (χ0) is 11.3. The SMILES string of the molecule is Cc1sc(Br)cc1C(=O)C1CC2CCC1C2. The Morgan fingerprint density at radius 3 is 2.75 bits per heavy atom. The molecular weight excluding hydrogens is 284 g/mol. The molecule has 2 bridgehead atoms. The second-order valence-corrected chi connectivity index (χ2v) is 7.80. The highest BCUT2D eigenvalue weighted by Gasteiger charge is 2.43. The number of halogens is 1. The van der Waals surface area contributed by atoms with Crippen LogP contribution in [0.25, 0.3) is 0 Å². The first kappa shape index (κ1) is 11.0. The van der Waals surface area contributed by atoms with Crippen LogP contribution in [0.15, 0.2) is 9.85 Å². The van der Waals surface area contributed by atoms with Crippen LogP contribution in [0.5, 0.6) is 0 Å². The van der Waals surface area contributed by atoms with Crippen LogP contribution >= 0.6 is 27.3 Å². The fourth-order valence-electron chi connectivity index (χ4n) is 3.46. The van der Waals surface area contributed by atoms with Crippen LogP contribution in [0.3, 0.4) is 0 Å². The Morgan fingerprint density at radius 2 is 2.25 bits per heavy atom. The number of hydrogen-bond donors (Lipinski definition) is 0. The molecule has 0 spiro atoms. The van der Waals surface area contributed by atoms with E-state index >= 15 is 0 Å². The highest BCUT2D eigenvalue weighted by Crippen LogP contribution is 2.49. The van der Waals surface area contributed by atoms with E-state index in [-0.39, 0.29) is 0 Å². The number of Topliss-reactive ketones (excluding diaryl/α,β-unsaturated/α-hetero) is 1. The predicted octanol–water partition coefficient (Wildman–Crippen LogP) is 4.44. The van der Waals surface area contributed by atoms with E-state index in [1.807, 2.05) is 6.07 Å². The summed E-state index contributed by atoms with van der Waals surface area (Å²) in [7, 11) is 0. The molecule has 1 nitrogen and oxygen atoms in total. The van der Waals surface area contributed by atoms with Crippen LogP contribution in [0.2, 0.25) is 0 Å². The zero-order valence-corrected chi connectivity index (χ0v) is 11.7. The summed E-state index contributed by atoms with van der Waals surface area (Å²) in [6, 6.07) is 2.01. The summed E-state index contributed by atoms with van der Waals surface area (Å²) in [5.74, 6) is 2.28. The van der Waals surface area contributed by atoms with Gasteiger partial charge in [-0.25, -0.2) is 0 Å². The minimum Gasteiger partial charge on any atom is -0.294 e. The number of carbonyl (C=O) groups excluding carboxylic acids is 1. The summed E-state index contributed by atoms with van der Waals surface area (Å²) in [6.45, 7) is 2.05. The smallest absolute Gasteiger partial charge is 0.167 e. The van der Waals surface area contributed by atoms with Gasteiger partial charge in [0.25, 0.3) is 0 Å². The number of rotatable bonds is 2. The van der Waals surface area contributed by atoms with Crippen molar-refractivity contribution in [3.8, 4) is 0 Å². The molecule has 1 aromatic rings. The Balaban J connectivity index is 1.86. The van der Waals surface area contributed by atoms with E-state index in [9.17, 15) is 4.79 Å². The molecule has 3 rings (SSSR count). The summed E-state index contributed by atoms with van der Waals surface area (Å²) >= 11 is 5.14. The molecule has 3 heteroatoms. The van der Waals surface area contributed by atoms with Gasteiger partial charge >= 0.3 is 0 Å². The molecule has 0 saturated heterocycles. The van der Waals surface area contributed by atoms with Gasteiger partial charge in [-0.2, -0.15) is 0 Å². The standard InChI is InChI=1S/C13H15BrOS/c1-7-10(6-12(14)16-7)13(15)11-5-8-2-3-9(11)4-8/h6,8-9,11H,2-5H2,1H3. The van der Waals surface area contributed by atoms with Gasteiger partial charge in [0.2, 0.25) is 0 Å². The third-order valence-corrected chi connectivity index (χ3v) is 5.78. The van der Waals surface area contributed by atoms with Crippen molar-refractivity contribution in [1.82, 2.24) is 0 Å². The average Bonchev–Trinajstić information content (AvgIpc) is 2.91. The van der Waals surface area contributed by atoms with Crippen molar-refractivity contribution < 1.29 is 4.79 Å². The Morgan fingerprint density at radius 1 is 1.44 bits per heavy atom. The van der Waals surface area contributed by atoms with Crippen molar-refractivity contribution in [2.75, 3.05) is 0 Å². The highest BCUT2D eigenvalue weighted by molar-refractivity contribution is 9.11. The molecule has 2 saturated carbocycles. The first-order valence-corrected chi connectivity index (χ1v) is 7.56. The van der Waals surface area contributed by atoms with Crippen LogP contribution in [-0.4, -0.2) is 5.78 Å². The molecule has 16 heavy (non-hydrogen) atoms. The Kier molecular flexibility index (Phi) is 2.71. The molecule has 0 aromatic carbocycles. The lowest BCUT2D eigenvalue weighted by atomic mass is 9.83. The lowest BCUT2D eigenvalue weighted by molar-refractivity contribution is 0.0874. The maximum atomic E-state index is 12.5. The quantitative estimate of drug-likeness (QED) is 0.738. The summed E-state index contributed by atoms with van der Waals surface area (Å²) < 4.78 is 1.08. The van der Waals surface area contributed by atoms with Crippen LogP contribution in [0.4, 0.5) is 0 Å². The van der Waals surface area contributed by atoms with E-state index in [0.717, 1.165) is 21.7 Å². The lowest BCUT2D eigenvalue weighted by Gasteiger charge is -2.20. The molecule has 3 unspecified atom stereocenters. The summed E-state index contributed by atoms with van der Waals surface area (Å²) in [4.78, 5) is 13.6. The Bertz CT molecular complexity index is 437. The second kappa shape index (κ2) is 3.95. The van der Waals surface area contributed by atoms with Crippen LogP contribution in [0.1, 0.15) is 40.9 Å². The zero-order valence-electron chi connectivity index (χ0n) is 9.33. The molecule has 3 atom stereocenters. The average molecular weight is 299 g/mol. The van der Waals surface area contributed by atoms with Crippen molar-refractivity contribution in [3.63, 3.8) is 0 Å². The number of carbonyl (C=O) groups is 1. The number of ketones is 1. The van der Waals surface area contributed by atoms with Gasteiger partial charge in [-0.1, -0.05) is 6.42 Å². The molecule has 2 fully saturated rings. The minimum atomic E-state index is 0.332. The molecule has 2 aliphatic carbocycles. The molecule has 1 aromatic heterocycles. The van der Waals surface area contributed by atoms with Gasteiger partial charge < -0.3 is 0 Å². The normalized spacial score (nSPS) is 32.2. The predicted molar refractivity (Wildman–Crippen MR) is 70.0 cm³/mol. The fraction of sp³-hybridized carbons (Fsp3) is 0.615. The van der Waals surface area contributed by atoms with Crippen molar-refractivity contribution in [2.45, 2.75) is 32.6 Å². The maximum absolute atomic E-state index is 12.5. The Labute approximate surface area is 108 Å². The molecule has 0 radical (unpaired) electrons. The number of fused-ring (bicyclic) bond motifs is 2. The third-order valence-electron chi connectivity index (χ3n) is 4.23. The first-order valence-electron chi connectivity index (χ1n) is 5.95. The lowest BCUT2D eigenvalue weighted by Crippen LogP contribution is -2.21. The van der Waals surface area contributed by atoms with Crippen molar-refractivity contribution in [3.05, 3.63) is 20.3 Å². The van der Waals surface area contributed by atoms with E-state index in [0.29, 0.717) is 17.6 Å². The van der Waals surface area contributed by atoms with Gasteiger partial charge in [-0.3, -0.25) is 4.79 Å². The van der Waals surface area contributed by atoms with Crippen molar-refractivity contribution in [1.29, 1.82) is 0 Å². The Hall–Kier alpha value is -0.150. The molecule has 0 amide bonds. The van der Waals surface area contributed by atoms with E-state index in [1.165, 1.54) is 24.1 Å². The minimum absolute atomic E-state index is 0.332. The van der Waals surface area contributed by atoms with Gasteiger partial charge in [0.15, 0.2) is 5.78 Å². The molecule has 86 valence electrons. The maximum Gasteiger partial charge on any atom is 0.167 e. The van der Waals surface area contributed by atoms with Gasteiger partial charge in [0, 0.05) is 16.4 Å². The van der Waals surface area contributed by atoms with E-state index in [4.69, 9.17) is 0 Å². The topological polar surface area (TPSA) is 17.1 Å². The largest absolute Gasteiger partial charge is 0.294 e. The molecule has 0 N–H and O–H groups in total. The first-order chi connectivity index (χ1) is 7.65. The summed E-state index contributed by atoms with van der Waals surface area (Å²) in [5, 5.41) is 0. The van der Waals surface area contributed by atoms with Gasteiger partial charge in [-0.15, -0.1) is 11.3 Å².